The SMILES string of the molecule is [CH2-]/C=C/CN(CCCC)CCCC.[Li+]. The molecule has 0 saturated heterocycles. The van der Waals surface area contributed by atoms with Crippen LogP contribution in [-0.4, -0.2) is 24.5 Å². The van der Waals surface area contributed by atoms with Gasteiger partial charge < -0.3 is 4.90 Å². The summed E-state index contributed by atoms with van der Waals surface area (Å²) in [4.78, 5) is 2.51. The van der Waals surface area contributed by atoms with E-state index >= 15 is 0 Å². The van der Waals surface area contributed by atoms with E-state index in [4.69, 9.17) is 0 Å². The molecule has 0 fully saturated rings. The van der Waals surface area contributed by atoms with E-state index in [9.17, 15) is 0 Å². The van der Waals surface area contributed by atoms with Crippen LogP contribution in [0.4, 0.5) is 0 Å². The summed E-state index contributed by atoms with van der Waals surface area (Å²) in [5.74, 6) is 0. The van der Waals surface area contributed by atoms with Gasteiger partial charge in [-0.15, -0.1) is 0 Å². The molecule has 0 aliphatic carbocycles. The summed E-state index contributed by atoms with van der Waals surface area (Å²) in [5, 5.41) is 0. The zero-order valence-electron chi connectivity index (χ0n) is 10.3. The van der Waals surface area contributed by atoms with Crippen molar-refractivity contribution in [2.24, 2.45) is 0 Å². The van der Waals surface area contributed by atoms with Gasteiger partial charge in [0.2, 0.25) is 0 Å². The second-order valence-electron chi connectivity index (χ2n) is 3.48. The van der Waals surface area contributed by atoms with E-state index in [1.807, 2.05) is 6.08 Å². The van der Waals surface area contributed by atoms with Crippen molar-refractivity contribution >= 4 is 0 Å². The number of unbranched alkanes of at least 4 members (excludes halogenated alkanes) is 2. The maximum Gasteiger partial charge on any atom is 1.00 e. The third kappa shape index (κ3) is 10.2. The minimum Gasteiger partial charge on any atom is -0.316 e. The molecule has 0 heterocycles. The number of nitrogens with zero attached hydrogens (tertiary/aromatic N) is 1. The fourth-order valence-corrected chi connectivity index (χ4v) is 1.28. The largest absolute Gasteiger partial charge is 1.00 e. The first-order chi connectivity index (χ1) is 6.35. The molecule has 14 heavy (non-hydrogen) atoms. The summed E-state index contributed by atoms with van der Waals surface area (Å²) in [6.45, 7) is 11.7. The topological polar surface area (TPSA) is 3.24 Å². The Morgan fingerprint density at radius 1 is 1.07 bits per heavy atom. The Labute approximate surface area is 102 Å². The van der Waals surface area contributed by atoms with Crippen LogP contribution in [0.3, 0.4) is 0 Å². The van der Waals surface area contributed by atoms with Crippen LogP contribution >= 0.6 is 0 Å². The molecule has 0 saturated carbocycles. The maximum atomic E-state index is 3.71. The third-order valence-corrected chi connectivity index (χ3v) is 2.19. The summed E-state index contributed by atoms with van der Waals surface area (Å²) < 4.78 is 0. The quantitative estimate of drug-likeness (QED) is 0.392. The van der Waals surface area contributed by atoms with Crippen LogP contribution in [0, 0.1) is 6.92 Å². The van der Waals surface area contributed by atoms with Crippen molar-refractivity contribution in [2.75, 3.05) is 19.6 Å². The molecular formula is C12H24LiN. The molecule has 0 N–H and O–H groups in total. The Morgan fingerprint density at radius 3 is 1.93 bits per heavy atom. The summed E-state index contributed by atoms with van der Waals surface area (Å²) in [6, 6.07) is 0. The van der Waals surface area contributed by atoms with Crippen LogP contribution in [0.5, 0.6) is 0 Å². The number of rotatable bonds is 8. The standard InChI is InChI=1S/C12H24N.Li/c1-4-7-10-13(11-8-5-2)12-9-6-3;/h4,7H,1,5-6,8-12H2,2-3H3;/q-1;+1/b7-4+;. The average Bonchev–Trinajstić information content (AvgIpc) is 2.17. The van der Waals surface area contributed by atoms with E-state index in [1.54, 1.807) is 0 Å². The van der Waals surface area contributed by atoms with Gasteiger partial charge in [-0.2, -0.15) is 0 Å². The zero-order valence-corrected chi connectivity index (χ0v) is 10.3. The molecule has 0 aliphatic heterocycles. The molecule has 0 unspecified atom stereocenters. The Hall–Kier alpha value is 0.167. The van der Waals surface area contributed by atoms with Crippen LogP contribution in [0.15, 0.2) is 12.2 Å². The second-order valence-corrected chi connectivity index (χ2v) is 3.48. The first-order valence-corrected chi connectivity index (χ1v) is 5.51. The molecule has 0 aromatic rings. The van der Waals surface area contributed by atoms with Crippen molar-refractivity contribution < 1.29 is 18.9 Å². The minimum absolute atomic E-state index is 0. The summed E-state index contributed by atoms with van der Waals surface area (Å²) in [6.07, 6.45) is 9.24. The summed E-state index contributed by atoms with van der Waals surface area (Å²) >= 11 is 0. The van der Waals surface area contributed by atoms with Gasteiger partial charge in [0.1, 0.15) is 0 Å². The zero-order chi connectivity index (χ0) is 9.94. The molecular weight excluding hydrogens is 165 g/mol. The normalized spacial score (nSPS) is 10.8. The van der Waals surface area contributed by atoms with Crippen molar-refractivity contribution in [3.8, 4) is 0 Å². The average molecular weight is 189 g/mol. The molecule has 0 amide bonds. The summed E-state index contributed by atoms with van der Waals surface area (Å²) in [7, 11) is 0. The van der Waals surface area contributed by atoms with Gasteiger partial charge in [-0.1, -0.05) is 26.7 Å². The monoisotopic (exact) mass is 189 g/mol. The van der Waals surface area contributed by atoms with Crippen LogP contribution in [0.2, 0.25) is 0 Å². The van der Waals surface area contributed by atoms with Crippen molar-refractivity contribution in [3.05, 3.63) is 19.1 Å². The van der Waals surface area contributed by atoms with Gasteiger partial charge in [-0.05, 0) is 32.5 Å². The van der Waals surface area contributed by atoms with Crippen LogP contribution in [0.1, 0.15) is 39.5 Å². The fourth-order valence-electron chi connectivity index (χ4n) is 1.28. The van der Waals surface area contributed by atoms with Gasteiger partial charge in [-0.25, -0.2) is 19.1 Å². The number of hydrogen-bond donors (Lipinski definition) is 0. The number of allylic oxidation sites excluding steroid dienone is 1. The van der Waals surface area contributed by atoms with Crippen molar-refractivity contribution in [1.82, 2.24) is 4.90 Å². The Kier molecular flexibility index (Phi) is 15.6. The van der Waals surface area contributed by atoms with E-state index in [-0.39, 0.29) is 18.9 Å². The maximum absolute atomic E-state index is 3.71. The summed E-state index contributed by atoms with van der Waals surface area (Å²) in [5.41, 5.74) is 0. The van der Waals surface area contributed by atoms with E-state index < -0.39 is 0 Å². The molecule has 0 spiro atoms. The third-order valence-electron chi connectivity index (χ3n) is 2.19. The first-order valence-electron chi connectivity index (χ1n) is 5.51. The molecule has 0 bridgehead atoms. The molecule has 0 aliphatic rings. The predicted molar refractivity (Wildman–Crippen MR) is 60.8 cm³/mol. The Morgan fingerprint density at radius 2 is 1.57 bits per heavy atom. The van der Waals surface area contributed by atoms with E-state index in [0.29, 0.717) is 0 Å². The smallest absolute Gasteiger partial charge is 0.316 e. The van der Waals surface area contributed by atoms with E-state index in [1.165, 1.54) is 38.8 Å². The number of hydrogen-bond acceptors (Lipinski definition) is 1. The second kappa shape index (κ2) is 13.2. The Bertz CT molecular complexity index is 115. The molecule has 0 aromatic heterocycles. The van der Waals surface area contributed by atoms with E-state index in [2.05, 4.69) is 31.7 Å². The van der Waals surface area contributed by atoms with Crippen molar-refractivity contribution in [1.29, 1.82) is 0 Å². The van der Waals surface area contributed by atoms with Crippen molar-refractivity contribution in [3.63, 3.8) is 0 Å². The van der Waals surface area contributed by atoms with Gasteiger partial charge in [0.05, 0.1) is 0 Å². The molecule has 0 atom stereocenters. The van der Waals surface area contributed by atoms with Gasteiger partial charge in [-0.3, -0.25) is 0 Å². The molecule has 78 valence electrons. The van der Waals surface area contributed by atoms with Gasteiger partial charge >= 0.3 is 18.9 Å². The van der Waals surface area contributed by atoms with Crippen molar-refractivity contribution in [2.45, 2.75) is 39.5 Å². The van der Waals surface area contributed by atoms with Gasteiger partial charge in [0, 0.05) is 0 Å². The predicted octanol–water partition coefficient (Wildman–Crippen LogP) is 0.283. The molecule has 0 radical (unpaired) electrons. The van der Waals surface area contributed by atoms with Crippen LogP contribution in [-0.2, 0) is 0 Å². The molecule has 2 heteroatoms. The molecule has 1 nitrogen and oxygen atoms in total. The molecule has 0 aromatic carbocycles. The molecule has 0 rings (SSSR count). The van der Waals surface area contributed by atoms with E-state index in [0.717, 1.165) is 6.54 Å². The van der Waals surface area contributed by atoms with Crippen LogP contribution < -0.4 is 18.9 Å². The first kappa shape index (κ1) is 16.6. The fraction of sp³-hybridized carbons (Fsp3) is 0.750. The van der Waals surface area contributed by atoms with Gasteiger partial charge in [0.15, 0.2) is 0 Å². The van der Waals surface area contributed by atoms with Crippen LogP contribution in [0.25, 0.3) is 0 Å². The Balaban J connectivity index is 0. The minimum atomic E-state index is 0. The van der Waals surface area contributed by atoms with Gasteiger partial charge in [0.25, 0.3) is 0 Å².